The first-order chi connectivity index (χ1) is 27.0. The molecule has 0 fully saturated rings. The Morgan fingerprint density at radius 1 is 0.435 bits per heavy atom. The van der Waals surface area contributed by atoms with Crippen molar-refractivity contribution in [2.75, 3.05) is 22.1 Å². The molecule has 0 atom stereocenters. The topological polar surface area (TPSA) is 371 Å². The van der Waals surface area contributed by atoms with Crippen molar-refractivity contribution >= 4 is 114 Å². The molecule has 0 spiro atoms. The Morgan fingerprint density at radius 3 is 1.05 bits per heavy atom. The molecule has 0 saturated heterocycles. The maximum absolute atomic E-state index is 12.7. The number of hydrogen-bond acceptors (Lipinski definition) is 19. The van der Waals surface area contributed by atoms with E-state index in [4.69, 9.17) is 11.5 Å². The normalized spacial score (nSPS) is 11.9. The van der Waals surface area contributed by atoms with Crippen LogP contribution < -0.4 is 140 Å². The molecule has 0 bridgehead atoms. The molecule has 6 N–H and O–H groups in total. The van der Waals surface area contributed by atoms with Crippen molar-refractivity contribution in [2.24, 2.45) is 20.5 Å². The van der Waals surface area contributed by atoms with E-state index in [1.54, 1.807) is 0 Å². The van der Waals surface area contributed by atoms with Gasteiger partial charge in [-0.3, -0.25) is 0 Å². The number of rotatable bonds is 10. The smallest absolute Gasteiger partial charge is 0.744 e. The minimum Gasteiger partial charge on any atom is -0.744 e. The van der Waals surface area contributed by atoms with E-state index >= 15 is 0 Å². The van der Waals surface area contributed by atoms with Crippen LogP contribution in [-0.2, 0) is 40.5 Å². The molecular formula is C33H22N8Na4O13S4. The van der Waals surface area contributed by atoms with Gasteiger partial charge in [0.15, 0.2) is 0 Å². The van der Waals surface area contributed by atoms with Crippen LogP contribution in [0.1, 0.15) is 0 Å². The number of anilines is 4. The average Bonchev–Trinajstić information content (AvgIpc) is 3.12. The Morgan fingerprint density at radius 2 is 0.758 bits per heavy atom. The molecule has 0 heterocycles. The Bertz CT molecular complexity index is 3000. The van der Waals surface area contributed by atoms with Gasteiger partial charge >= 0.3 is 124 Å². The van der Waals surface area contributed by atoms with Crippen molar-refractivity contribution in [2.45, 2.75) is 19.6 Å². The molecule has 300 valence electrons. The monoisotopic (exact) mass is 958 g/mol. The predicted molar refractivity (Wildman–Crippen MR) is 202 cm³/mol. The van der Waals surface area contributed by atoms with Gasteiger partial charge in [0.05, 0.1) is 42.3 Å². The van der Waals surface area contributed by atoms with E-state index in [0.29, 0.717) is 12.1 Å². The molecule has 6 aromatic rings. The van der Waals surface area contributed by atoms with E-state index in [9.17, 15) is 56.7 Å². The summed E-state index contributed by atoms with van der Waals surface area (Å²) in [5.74, 6) is 0. The summed E-state index contributed by atoms with van der Waals surface area (Å²) in [6.45, 7) is 0. The molecular weight excluding hydrogens is 937 g/mol. The fourth-order valence-corrected chi connectivity index (χ4v) is 8.05. The number of carbonyl (C=O) groups is 1. The molecule has 0 aliphatic carbocycles. The molecule has 2 amide bonds. The molecule has 0 aliphatic rings. The number of nitrogen functional groups attached to an aromatic ring is 2. The van der Waals surface area contributed by atoms with Gasteiger partial charge in [-0.2, -0.15) is 10.2 Å². The minimum atomic E-state index is -5.24. The van der Waals surface area contributed by atoms with Crippen LogP contribution in [0.25, 0.3) is 21.5 Å². The minimum absolute atomic E-state index is 0. The van der Waals surface area contributed by atoms with Gasteiger partial charge in [0, 0.05) is 32.9 Å². The number of hydrogen-bond donors (Lipinski definition) is 4. The summed E-state index contributed by atoms with van der Waals surface area (Å²) in [5, 5.41) is 20.2. The Balaban J connectivity index is 0.00000331. The van der Waals surface area contributed by atoms with Gasteiger partial charge in [0.25, 0.3) is 0 Å². The predicted octanol–water partition coefficient (Wildman–Crippen LogP) is -6.74. The maximum Gasteiger partial charge on any atom is 1.00 e. The van der Waals surface area contributed by atoms with Crippen LogP contribution in [0.2, 0.25) is 0 Å². The van der Waals surface area contributed by atoms with Crippen LogP contribution in [-0.4, -0.2) is 57.9 Å². The van der Waals surface area contributed by atoms with Crippen LogP contribution in [0, 0.1) is 0 Å². The summed E-state index contributed by atoms with van der Waals surface area (Å²) in [6, 6.07) is 18.1. The van der Waals surface area contributed by atoms with Crippen molar-refractivity contribution in [3.05, 3.63) is 97.1 Å². The standard InChI is InChI=1S/C33H26N8O13S4.4Na/c34-27-11-9-23-25(13-21(55(43,44)45)15-29(23)57(49,50)51)31(27)40-38-19-5-1-17(2-6-19)36-33(42)37-18-3-7-20(8-4-18)39-41-32-26-14-22(56(46,47)48)16-30(58(52,53)54)24(26)10-12-28(32)35;;;;/h1-16H,34-35H2,(H2,36,37,42)(H,43,44,45)(H,46,47,48)(H,49,50,51)(H,52,53,54);;;;/q;4*+1/p-4. The quantitative estimate of drug-likeness (QED) is 0.0429. The largest absolute Gasteiger partial charge is 1.00 e. The van der Waals surface area contributed by atoms with E-state index in [1.807, 2.05) is 0 Å². The summed E-state index contributed by atoms with van der Waals surface area (Å²) in [5.41, 5.74) is 12.3. The van der Waals surface area contributed by atoms with Gasteiger partial charge < -0.3 is 40.3 Å². The van der Waals surface area contributed by atoms with E-state index in [2.05, 4.69) is 31.1 Å². The SMILES string of the molecule is Nc1ccc2c(S(=O)(=O)[O-])cc(S(=O)(=O)[O-])cc2c1N=Nc1ccc(NC(=O)Nc2ccc(N=Nc3c(N)ccc4c(S(=O)(=O)[O-])cc(S(=O)(=O)[O-])cc34)cc2)cc1.[Na+].[Na+].[Na+].[Na+]. The van der Waals surface area contributed by atoms with E-state index < -0.39 is 66.1 Å². The van der Waals surface area contributed by atoms with Crippen molar-refractivity contribution in [1.82, 2.24) is 0 Å². The van der Waals surface area contributed by atoms with Crippen molar-refractivity contribution in [1.29, 1.82) is 0 Å². The first-order valence-corrected chi connectivity index (χ1v) is 21.3. The second-order valence-corrected chi connectivity index (χ2v) is 17.4. The Kier molecular flexibility index (Phi) is 19.5. The van der Waals surface area contributed by atoms with Crippen LogP contribution in [0.15, 0.2) is 137 Å². The number of nitrogens with two attached hydrogens (primary N) is 2. The molecule has 6 rings (SSSR count). The molecule has 0 aromatic heterocycles. The maximum atomic E-state index is 12.7. The third-order valence-corrected chi connectivity index (χ3v) is 11.4. The molecule has 29 heteroatoms. The van der Waals surface area contributed by atoms with Crippen LogP contribution in [0.5, 0.6) is 0 Å². The zero-order valence-corrected chi connectivity index (χ0v) is 43.9. The zero-order chi connectivity index (χ0) is 42.4. The van der Waals surface area contributed by atoms with Crippen molar-refractivity contribution in [3.8, 4) is 0 Å². The summed E-state index contributed by atoms with van der Waals surface area (Å²) in [4.78, 5) is 8.78. The van der Waals surface area contributed by atoms with Gasteiger partial charge in [-0.1, -0.05) is 12.1 Å². The number of fused-ring (bicyclic) bond motifs is 2. The van der Waals surface area contributed by atoms with E-state index in [0.717, 1.165) is 24.3 Å². The molecule has 62 heavy (non-hydrogen) atoms. The molecule has 21 nitrogen and oxygen atoms in total. The number of azo groups is 2. The van der Waals surface area contributed by atoms with Crippen LogP contribution >= 0.6 is 0 Å². The number of carbonyl (C=O) groups excluding carboxylic acids is 1. The zero-order valence-electron chi connectivity index (χ0n) is 32.6. The van der Waals surface area contributed by atoms with Crippen molar-refractivity contribution in [3.63, 3.8) is 0 Å². The van der Waals surface area contributed by atoms with Gasteiger partial charge in [0.1, 0.15) is 51.8 Å². The first-order valence-electron chi connectivity index (χ1n) is 15.7. The number of nitrogens with one attached hydrogen (secondary N) is 2. The summed E-state index contributed by atoms with van der Waals surface area (Å²) < 4.78 is 141. The molecule has 0 aliphatic heterocycles. The van der Waals surface area contributed by atoms with Gasteiger partial charge in [-0.15, -0.1) is 10.2 Å². The molecule has 6 aromatic carbocycles. The van der Waals surface area contributed by atoms with Gasteiger partial charge in [-0.05, 0) is 84.9 Å². The first kappa shape index (κ1) is 55.7. The fourth-order valence-electron chi connectivity index (χ4n) is 5.41. The second kappa shape index (κ2) is 21.7. The van der Waals surface area contributed by atoms with Crippen molar-refractivity contribution < 1.29 is 175 Å². The molecule has 0 unspecified atom stereocenters. The fraction of sp³-hybridized carbons (Fsp3) is 0. The third kappa shape index (κ3) is 13.3. The molecule has 0 saturated carbocycles. The average molecular weight is 959 g/mol. The summed E-state index contributed by atoms with van der Waals surface area (Å²) in [6.07, 6.45) is 0. The van der Waals surface area contributed by atoms with E-state index in [1.165, 1.54) is 60.7 Å². The number of benzene rings is 6. The van der Waals surface area contributed by atoms with Gasteiger partial charge in [-0.25, -0.2) is 38.5 Å². The number of nitrogens with zero attached hydrogens (tertiary/aromatic N) is 4. The second-order valence-electron chi connectivity index (χ2n) is 11.9. The number of urea groups is 1. The third-order valence-electron chi connectivity index (χ3n) is 8.04. The summed E-state index contributed by atoms with van der Waals surface area (Å²) in [7, 11) is -20.9. The summed E-state index contributed by atoms with van der Waals surface area (Å²) >= 11 is 0. The van der Waals surface area contributed by atoms with E-state index in [-0.39, 0.29) is 185 Å². The van der Waals surface area contributed by atoms with Crippen LogP contribution in [0.4, 0.5) is 50.3 Å². The number of amides is 2. The molecule has 0 radical (unpaired) electrons. The Hall–Kier alpha value is -2.45. The van der Waals surface area contributed by atoms with Crippen LogP contribution in [0.3, 0.4) is 0 Å². The Labute approximate surface area is 441 Å². The van der Waals surface area contributed by atoms with Gasteiger partial charge in [0.2, 0.25) is 0 Å².